The van der Waals surface area contributed by atoms with Crippen molar-refractivity contribution in [3.63, 3.8) is 0 Å². The summed E-state index contributed by atoms with van der Waals surface area (Å²) in [6.45, 7) is 8.86. The summed E-state index contributed by atoms with van der Waals surface area (Å²) < 4.78 is 5.41. The van der Waals surface area contributed by atoms with Crippen LogP contribution in [0.3, 0.4) is 0 Å². The molecule has 2 saturated carbocycles. The maximum absolute atomic E-state index is 12.9. The van der Waals surface area contributed by atoms with Crippen LogP contribution in [0.5, 0.6) is 0 Å². The zero-order valence-electron chi connectivity index (χ0n) is 13.7. The molecule has 0 spiro atoms. The SMILES string of the molecule is CC1(C)C2CCC1(C)C(NC(=O)C1(CN)CCOCC1)C2. The van der Waals surface area contributed by atoms with E-state index in [-0.39, 0.29) is 11.3 Å². The Kier molecular flexibility index (Phi) is 3.61. The topological polar surface area (TPSA) is 64.4 Å². The maximum Gasteiger partial charge on any atom is 0.227 e. The molecule has 1 heterocycles. The van der Waals surface area contributed by atoms with E-state index in [2.05, 4.69) is 26.1 Å². The lowest BCUT2D eigenvalue weighted by molar-refractivity contribution is -0.137. The number of hydrogen-bond acceptors (Lipinski definition) is 3. The summed E-state index contributed by atoms with van der Waals surface area (Å²) in [5, 5.41) is 3.39. The zero-order valence-corrected chi connectivity index (χ0v) is 13.7. The molecule has 3 unspecified atom stereocenters. The molecule has 0 aromatic rings. The highest BCUT2D eigenvalue weighted by molar-refractivity contribution is 5.83. The number of rotatable bonds is 3. The summed E-state index contributed by atoms with van der Waals surface area (Å²) in [5.74, 6) is 0.916. The predicted octanol–water partition coefficient (Wildman–Crippen LogP) is 2.07. The minimum Gasteiger partial charge on any atom is -0.381 e. The van der Waals surface area contributed by atoms with Gasteiger partial charge < -0.3 is 15.8 Å². The average Bonchev–Trinajstić information content (AvgIpc) is 2.81. The Balaban J connectivity index is 1.74. The second kappa shape index (κ2) is 4.95. The minimum absolute atomic E-state index is 0.169. The van der Waals surface area contributed by atoms with Crippen molar-refractivity contribution >= 4 is 5.91 Å². The van der Waals surface area contributed by atoms with Gasteiger partial charge in [-0.25, -0.2) is 0 Å². The van der Waals surface area contributed by atoms with Gasteiger partial charge in [0, 0.05) is 25.8 Å². The van der Waals surface area contributed by atoms with Gasteiger partial charge in [-0.1, -0.05) is 20.8 Å². The van der Waals surface area contributed by atoms with Crippen molar-refractivity contribution in [3.05, 3.63) is 0 Å². The van der Waals surface area contributed by atoms with Gasteiger partial charge in [0.15, 0.2) is 0 Å². The van der Waals surface area contributed by atoms with E-state index in [9.17, 15) is 4.79 Å². The molecular formula is C17H30N2O2. The Morgan fingerprint density at radius 1 is 1.24 bits per heavy atom. The van der Waals surface area contributed by atoms with E-state index in [0.717, 1.165) is 25.2 Å². The van der Waals surface area contributed by atoms with Crippen LogP contribution < -0.4 is 11.1 Å². The van der Waals surface area contributed by atoms with Gasteiger partial charge in [0.1, 0.15) is 0 Å². The third-order valence-corrected chi connectivity index (χ3v) is 7.42. The highest BCUT2D eigenvalue weighted by Gasteiger charge is 2.62. The molecule has 4 nitrogen and oxygen atoms in total. The smallest absolute Gasteiger partial charge is 0.227 e. The van der Waals surface area contributed by atoms with E-state index in [4.69, 9.17) is 10.5 Å². The van der Waals surface area contributed by atoms with Crippen LogP contribution in [0.15, 0.2) is 0 Å². The van der Waals surface area contributed by atoms with Crippen molar-refractivity contribution in [2.75, 3.05) is 19.8 Å². The summed E-state index contributed by atoms with van der Waals surface area (Å²) in [4.78, 5) is 12.9. The first kappa shape index (κ1) is 15.3. The second-order valence-electron chi connectivity index (χ2n) is 8.23. The van der Waals surface area contributed by atoms with Gasteiger partial charge in [0.2, 0.25) is 5.91 Å². The molecule has 3 fully saturated rings. The summed E-state index contributed by atoms with van der Waals surface area (Å²) in [6.07, 6.45) is 5.18. The van der Waals surface area contributed by atoms with Gasteiger partial charge in [-0.15, -0.1) is 0 Å². The third kappa shape index (κ3) is 2.06. The van der Waals surface area contributed by atoms with Crippen LogP contribution in [0, 0.1) is 22.2 Å². The number of fused-ring (bicyclic) bond motifs is 2. The van der Waals surface area contributed by atoms with Gasteiger partial charge in [-0.2, -0.15) is 0 Å². The molecule has 3 atom stereocenters. The Bertz CT molecular complexity index is 429. The van der Waals surface area contributed by atoms with Gasteiger partial charge >= 0.3 is 0 Å². The number of amides is 1. The zero-order chi connectivity index (χ0) is 15.3. The quantitative estimate of drug-likeness (QED) is 0.837. The van der Waals surface area contributed by atoms with Crippen LogP contribution in [0.2, 0.25) is 0 Å². The highest BCUT2D eigenvalue weighted by Crippen LogP contribution is 2.65. The summed E-state index contributed by atoms with van der Waals surface area (Å²) in [7, 11) is 0. The monoisotopic (exact) mass is 294 g/mol. The molecule has 0 radical (unpaired) electrons. The van der Waals surface area contributed by atoms with Gasteiger partial charge in [-0.05, 0) is 48.9 Å². The van der Waals surface area contributed by atoms with Crippen molar-refractivity contribution in [1.29, 1.82) is 0 Å². The number of nitrogens with two attached hydrogens (primary N) is 1. The van der Waals surface area contributed by atoms with Crippen LogP contribution in [0.1, 0.15) is 52.9 Å². The number of carbonyl (C=O) groups excluding carboxylic acids is 1. The summed E-state index contributed by atoms with van der Waals surface area (Å²) >= 11 is 0. The molecule has 1 amide bonds. The fraction of sp³-hybridized carbons (Fsp3) is 0.941. The molecule has 0 aromatic carbocycles. The Labute approximate surface area is 128 Å². The molecule has 2 bridgehead atoms. The van der Waals surface area contributed by atoms with Crippen LogP contribution in [-0.4, -0.2) is 31.7 Å². The largest absolute Gasteiger partial charge is 0.381 e. The molecular weight excluding hydrogens is 264 g/mol. The minimum atomic E-state index is -0.402. The van der Waals surface area contributed by atoms with E-state index in [1.54, 1.807) is 0 Å². The van der Waals surface area contributed by atoms with Crippen LogP contribution >= 0.6 is 0 Å². The Hall–Kier alpha value is -0.610. The number of carbonyl (C=O) groups is 1. The van der Waals surface area contributed by atoms with Crippen molar-refractivity contribution in [3.8, 4) is 0 Å². The highest BCUT2D eigenvalue weighted by atomic mass is 16.5. The van der Waals surface area contributed by atoms with Crippen LogP contribution in [-0.2, 0) is 9.53 Å². The van der Waals surface area contributed by atoms with E-state index >= 15 is 0 Å². The molecule has 3 aliphatic rings. The van der Waals surface area contributed by atoms with Crippen molar-refractivity contribution in [2.45, 2.75) is 58.9 Å². The Morgan fingerprint density at radius 3 is 2.38 bits per heavy atom. The molecule has 4 heteroatoms. The number of hydrogen-bond donors (Lipinski definition) is 2. The normalized spacial score (nSPS) is 40.2. The van der Waals surface area contributed by atoms with E-state index < -0.39 is 5.41 Å². The lowest BCUT2D eigenvalue weighted by atomic mass is 9.69. The number of nitrogens with one attached hydrogen (secondary N) is 1. The lowest BCUT2D eigenvalue weighted by Crippen LogP contribution is -2.55. The lowest BCUT2D eigenvalue weighted by Gasteiger charge is -2.42. The van der Waals surface area contributed by atoms with Crippen molar-refractivity contribution < 1.29 is 9.53 Å². The van der Waals surface area contributed by atoms with E-state index in [1.807, 2.05) is 0 Å². The van der Waals surface area contributed by atoms with Crippen LogP contribution in [0.4, 0.5) is 0 Å². The molecule has 2 aliphatic carbocycles. The van der Waals surface area contributed by atoms with E-state index in [0.29, 0.717) is 31.2 Å². The molecule has 3 N–H and O–H groups in total. The fourth-order valence-electron chi connectivity index (χ4n) is 5.02. The predicted molar refractivity (Wildman–Crippen MR) is 82.7 cm³/mol. The summed E-state index contributed by atoms with van der Waals surface area (Å²) in [6, 6.07) is 0.310. The summed E-state index contributed by atoms with van der Waals surface area (Å²) in [5.41, 5.74) is 6.12. The molecule has 3 rings (SSSR count). The van der Waals surface area contributed by atoms with E-state index in [1.165, 1.54) is 12.8 Å². The van der Waals surface area contributed by atoms with Crippen LogP contribution in [0.25, 0.3) is 0 Å². The third-order valence-electron chi connectivity index (χ3n) is 7.42. The number of ether oxygens (including phenoxy) is 1. The maximum atomic E-state index is 12.9. The van der Waals surface area contributed by atoms with Gasteiger partial charge in [0.25, 0.3) is 0 Å². The second-order valence-corrected chi connectivity index (χ2v) is 8.23. The molecule has 21 heavy (non-hydrogen) atoms. The first-order valence-corrected chi connectivity index (χ1v) is 8.44. The first-order chi connectivity index (χ1) is 9.86. The molecule has 120 valence electrons. The fourth-order valence-corrected chi connectivity index (χ4v) is 5.02. The van der Waals surface area contributed by atoms with Gasteiger partial charge in [-0.3, -0.25) is 4.79 Å². The molecule has 1 aliphatic heterocycles. The average molecular weight is 294 g/mol. The molecule has 1 saturated heterocycles. The molecule has 0 aromatic heterocycles. The standard InChI is InChI=1S/C17H30N2O2/c1-15(2)12-4-5-16(15,3)13(10-12)19-14(20)17(11-18)6-8-21-9-7-17/h12-13H,4-11,18H2,1-3H3,(H,19,20). The van der Waals surface area contributed by atoms with Crippen molar-refractivity contribution in [1.82, 2.24) is 5.32 Å². The van der Waals surface area contributed by atoms with Crippen molar-refractivity contribution in [2.24, 2.45) is 27.9 Å². The van der Waals surface area contributed by atoms with Gasteiger partial charge in [0.05, 0.1) is 5.41 Å². The Morgan fingerprint density at radius 2 is 1.90 bits per heavy atom. The first-order valence-electron chi connectivity index (χ1n) is 8.44.